The fraction of sp³-hybridized carbons (Fsp3) is 0.188. The number of hydrogen-bond donors (Lipinski definition) is 0. The van der Waals surface area contributed by atoms with E-state index < -0.39 is 23.9 Å². The van der Waals surface area contributed by atoms with Gasteiger partial charge in [0, 0.05) is 11.6 Å². The Hall–Kier alpha value is -3.23. The number of nitro groups is 1. The molecule has 9 heteroatoms. The number of rotatable bonds is 8. The Morgan fingerprint density at radius 3 is 2.40 bits per heavy atom. The molecule has 132 valence electrons. The summed E-state index contributed by atoms with van der Waals surface area (Å²) in [4.78, 5) is 22.3. The van der Waals surface area contributed by atoms with Crippen LogP contribution in [0.2, 0.25) is 0 Å². The van der Waals surface area contributed by atoms with Crippen LogP contribution in [0.25, 0.3) is 0 Å². The van der Waals surface area contributed by atoms with E-state index in [0.717, 1.165) is 6.07 Å². The Morgan fingerprint density at radius 1 is 1.16 bits per heavy atom. The molecule has 0 aromatic heterocycles. The third-order valence-corrected chi connectivity index (χ3v) is 3.12. The van der Waals surface area contributed by atoms with Crippen molar-refractivity contribution >= 4 is 11.5 Å². The molecule has 0 radical (unpaired) electrons. The molecule has 0 unspecified atom stereocenters. The average Bonchev–Trinajstić information content (AvgIpc) is 2.59. The van der Waals surface area contributed by atoms with Gasteiger partial charge in [0.25, 0.3) is 5.69 Å². The van der Waals surface area contributed by atoms with Crippen LogP contribution in [0.5, 0.6) is 17.2 Å². The highest BCUT2D eigenvalue weighted by atomic mass is 19.3. The molecule has 0 aliphatic carbocycles. The van der Waals surface area contributed by atoms with Crippen LogP contribution in [-0.2, 0) is 0 Å². The van der Waals surface area contributed by atoms with Gasteiger partial charge in [0.15, 0.2) is 23.9 Å². The summed E-state index contributed by atoms with van der Waals surface area (Å²) in [5, 5.41) is 10.8. The fourth-order valence-electron chi connectivity index (χ4n) is 1.94. The Morgan fingerprint density at radius 2 is 1.84 bits per heavy atom. The predicted molar refractivity (Wildman–Crippen MR) is 82.5 cm³/mol. The normalized spacial score (nSPS) is 10.4. The van der Waals surface area contributed by atoms with E-state index in [1.54, 1.807) is 0 Å². The molecule has 0 spiro atoms. The van der Waals surface area contributed by atoms with Gasteiger partial charge >= 0.3 is 6.61 Å². The quantitative estimate of drug-likeness (QED) is 0.410. The molecule has 2 aromatic carbocycles. The maximum absolute atomic E-state index is 12.1. The van der Waals surface area contributed by atoms with Crippen LogP contribution >= 0.6 is 0 Å². The van der Waals surface area contributed by atoms with Crippen molar-refractivity contribution in [3.05, 3.63) is 58.1 Å². The first-order valence-corrected chi connectivity index (χ1v) is 6.94. The lowest BCUT2D eigenvalue weighted by Gasteiger charge is -2.10. The van der Waals surface area contributed by atoms with Crippen molar-refractivity contribution < 1.29 is 32.7 Å². The number of alkyl halides is 2. The highest BCUT2D eigenvalue weighted by molar-refractivity contribution is 5.97. The number of halogens is 2. The third kappa shape index (κ3) is 4.87. The lowest BCUT2D eigenvalue weighted by atomic mass is 10.1. The Bertz CT molecular complexity index is 764. The number of hydrogen-bond acceptors (Lipinski definition) is 6. The zero-order valence-electron chi connectivity index (χ0n) is 13.0. The third-order valence-electron chi connectivity index (χ3n) is 3.12. The second kappa shape index (κ2) is 8.04. The van der Waals surface area contributed by atoms with Gasteiger partial charge < -0.3 is 14.2 Å². The fourth-order valence-corrected chi connectivity index (χ4v) is 1.94. The molecule has 25 heavy (non-hydrogen) atoms. The average molecular weight is 353 g/mol. The van der Waals surface area contributed by atoms with E-state index in [1.807, 2.05) is 0 Å². The summed E-state index contributed by atoms with van der Waals surface area (Å²) in [7, 11) is 1.36. The van der Waals surface area contributed by atoms with E-state index in [1.165, 1.54) is 43.5 Å². The smallest absolute Gasteiger partial charge is 0.387 e. The summed E-state index contributed by atoms with van der Waals surface area (Å²) in [6.07, 6.45) is 0. The summed E-state index contributed by atoms with van der Waals surface area (Å²) in [6, 6.07) is 8.83. The summed E-state index contributed by atoms with van der Waals surface area (Å²) in [5.74, 6) is -0.244. The van der Waals surface area contributed by atoms with Crippen LogP contribution < -0.4 is 14.2 Å². The zero-order valence-corrected chi connectivity index (χ0v) is 13.0. The Balaban J connectivity index is 2.06. The molecule has 0 saturated carbocycles. The summed E-state index contributed by atoms with van der Waals surface area (Å²) < 4.78 is 38.7. The number of carbonyl (C=O) groups is 1. The molecular formula is C16H13F2NO6. The van der Waals surface area contributed by atoms with E-state index in [0.29, 0.717) is 0 Å². The van der Waals surface area contributed by atoms with Crippen molar-refractivity contribution in [2.75, 3.05) is 13.7 Å². The van der Waals surface area contributed by atoms with Gasteiger partial charge in [-0.2, -0.15) is 8.78 Å². The lowest BCUT2D eigenvalue weighted by molar-refractivity contribution is -0.385. The van der Waals surface area contributed by atoms with E-state index in [-0.39, 0.29) is 28.5 Å². The first-order valence-electron chi connectivity index (χ1n) is 6.94. The van der Waals surface area contributed by atoms with Crippen molar-refractivity contribution in [1.82, 2.24) is 0 Å². The van der Waals surface area contributed by atoms with Crippen molar-refractivity contribution in [3.63, 3.8) is 0 Å². The zero-order chi connectivity index (χ0) is 18.4. The number of ketones is 1. The van der Waals surface area contributed by atoms with Crippen molar-refractivity contribution in [2.24, 2.45) is 0 Å². The number of carbonyl (C=O) groups excluding carboxylic acids is 1. The minimum atomic E-state index is -2.95. The molecule has 0 amide bonds. The van der Waals surface area contributed by atoms with Crippen LogP contribution in [0.3, 0.4) is 0 Å². The van der Waals surface area contributed by atoms with Gasteiger partial charge in [-0.3, -0.25) is 14.9 Å². The number of nitro benzene ring substituents is 1. The van der Waals surface area contributed by atoms with E-state index in [4.69, 9.17) is 9.47 Å². The van der Waals surface area contributed by atoms with Gasteiger partial charge in [-0.25, -0.2) is 0 Å². The molecule has 0 N–H and O–H groups in total. The van der Waals surface area contributed by atoms with Crippen molar-refractivity contribution in [2.45, 2.75) is 6.61 Å². The van der Waals surface area contributed by atoms with Crippen LogP contribution in [0.15, 0.2) is 42.5 Å². The van der Waals surface area contributed by atoms with Gasteiger partial charge in [0.1, 0.15) is 5.75 Å². The molecule has 2 aromatic rings. The Kier molecular flexibility index (Phi) is 5.83. The van der Waals surface area contributed by atoms with E-state index in [2.05, 4.69) is 4.74 Å². The number of methoxy groups -OCH3 is 1. The highest BCUT2D eigenvalue weighted by Gasteiger charge is 2.15. The molecule has 0 bridgehead atoms. The van der Waals surface area contributed by atoms with Gasteiger partial charge in [-0.05, 0) is 30.3 Å². The second-order valence-electron chi connectivity index (χ2n) is 4.71. The molecule has 0 atom stereocenters. The van der Waals surface area contributed by atoms with Crippen LogP contribution in [0.1, 0.15) is 10.4 Å². The van der Waals surface area contributed by atoms with Gasteiger partial charge in [0.2, 0.25) is 0 Å². The molecule has 0 aliphatic heterocycles. The summed E-state index contributed by atoms with van der Waals surface area (Å²) in [6.45, 7) is -3.36. The minimum absolute atomic E-state index is 0.0442. The monoisotopic (exact) mass is 353 g/mol. The largest absolute Gasteiger partial charge is 0.493 e. The SMILES string of the molecule is COc1ccc([N+](=O)[O-])cc1OCC(=O)c1ccc(OC(F)F)cc1. The van der Waals surface area contributed by atoms with Crippen LogP contribution in [-0.4, -0.2) is 31.0 Å². The maximum atomic E-state index is 12.1. The number of nitrogens with zero attached hydrogens (tertiary/aromatic N) is 1. The maximum Gasteiger partial charge on any atom is 0.387 e. The predicted octanol–water partition coefficient (Wildman–Crippen LogP) is 3.47. The molecule has 7 nitrogen and oxygen atoms in total. The van der Waals surface area contributed by atoms with Gasteiger partial charge in [-0.1, -0.05) is 0 Å². The summed E-state index contributed by atoms with van der Waals surface area (Å²) in [5.41, 5.74) is 0.00256. The van der Waals surface area contributed by atoms with E-state index >= 15 is 0 Å². The van der Waals surface area contributed by atoms with Crippen molar-refractivity contribution in [1.29, 1.82) is 0 Å². The lowest BCUT2D eigenvalue weighted by Crippen LogP contribution is -2.12. The topological polar surface area (TPSA) is 87.9 Å². The second-order valence-corrected chi connectivity index (χ2v) is 4.71. The summed E-state index contributed by atoms with van der Waals surface area (Å²) >= 11 is 0. The standard InChI is InChI=1S/C16H13F2NO6/c1-23-14-7-4-11(19(21)22)8-15(14)24-9-13(20)10-2-5-12(6-3-10)25-16(17)18/h2-8,16H,9H2,1H3. The molecule has 0 saturated heterocycles. The molecular weight excluding hydrogens is 340 g/mol. The molecule has 0 heterocycles. The number of benzene rings is 2. The van der Waals surface area contributed by atoms with Gasteiger partial charge in [-0.15, -0.1) is 0 Å². The number of Topliss-reactive ketones (excluding diaryl/α,β-unsaturated/α-hetero) is 1. The molecule has 0 aliphatic rings. The minimum Gasteiger partial charge on any atom is -0.493 e. The molecule has 0 fully saturated rings. The number of non-ortho nitro benzene ring substituents is 1. The van der Waals surface area contributed by atoms with Gasteiger partial charge in [0.05, 0.1) is 18.1 Å². The van der Waals surface area contributed by atoms with Crippen molar-refractivity contribution in [3.8, 4) is 17.2 Å². The first-order chi connectivity index (χ1) is 11.9. The first kappa shape index (κ1) is 18.1. The highest BCUT2D eigenvalue weighted by Crippen LogP contribution is 2.31. The van der Waals surface area contributed by atoms with E-state index in [9.17, 15) is 23.7 Å². The molecule has 2 rings (SSSR count). The Labute approximate surface area is 140 Å². The van der Waals surface area contributed by atoms with Crippen LogP contribution in [0, 0.1) is 10.1 Å². The number of ether oxygens (including phenoxy) is 3. The van der Waals surface area contributed by atoms with Crippen LogP contribution in [0.4, 0.5) is 14.5 Å².